The first kappa shape index (κ1) is 15.4. The van der Waals surface area contributed by atoms with Gasteiger partial charge in [0.1, 0.15) is 0 Å². The van der Waals surface area contributed by atoms with Crippen LogP contribution in [0.25, 0.3) is 0 Å². The molecule has 1 rings (SSSR count). The number of anilines is 1. The smallest absolute Gasteiger partial charge is 0.225 e. The van der Waals surface area contributed by atoms with Crippen molar-refractivity contribution in [2.24, 2.45) is 0 Å². The van der Waals surface area contributed by atoms with E-state index in [-0.39, 0.29) is 12.0 Å². The molecule has 1 aromatic heterocycles. The van der Waals surface area contributed by atoms with Gasteiger partial charge in [0.15, 0.2) is 11.6 Å². The molecule has 0 aliphatic heterocycles. The van der Waals surface area contributed by atoms with Gasteiger partial charge in [-0.15, -0.1) is 0 Å². The summed E-state index contributed by atoms with van der Waals surface area (Å²) in [6.45, 7) is 7.07. The van der Waals surface area contributed by atoms with Gasteiger partial charge in [0, 0.05) is 25.8 Å². The minimum atomic E-state index is -0.0768. The number of ether oxygens (including phenoxy) is 2. The molecule has 0 atom stereocenters. The number of carbonyl (C=O) groups excluding carboxylic acids is 1. The maximum Gasteiger partial charge on any atom is 0.225 e. The molecule has 0 aliphatic rings. The quantitative estimate of drug-likeness (QED) is 0.735. The number of nitrogens with zero attached hydrogens (tertiary/aromatic N) is 1. The Morgan fingerprint density at radius 1 is 1.47 bits per heavy atom. The number of rotatable bonds is 8. The predicted molar refractivity (Wildman–Crippen MR) is 74.4 cm³/mol. The normalized spacial score (nSPS) is 10.5. The number of aromatic nitrogens is 1. The molecule has 0 spiro atoms. The van der Waals surface area contributed by atoms with Crippen molar-refractivity contribution in [3.63, 3.8) is 0 Å². The Kier molecular flexibility index (Phi) is 6.89. The van der Waals surface area contributed by atoms with Crippen LogP contribution in [0.3, 0.4) is 0 Å². The second kappa shape index (κ2) is 8.48. The van der Waals surface area contributed by atoms with Crippen molar-refractivity contribution in [1.29, 1.82) is 0 Å². The third-order valence-corrected chi connectivity index (χ3v) is 2.29. The SMILES string of the molecule is CCOCCCC(=O)Nc1ncccc1OC(C)C. The van der Waals surface area contributed by atoms with Crippen LogP contribution in [-0.2, 0) is 9.53 Å². The van der Waals surface area contributed by atoms with Crippen molar-refractivity contribution in [3.8, 4) is 5.75 Å². The highest BCUT2D eigenvalue weighted by molar-refractivity contribution is 5.91. The molecule has 0 fully saturated rings. The highest BCUT2D eigenvalue weighted by Gasteiger charge is 2.09. The third-order valence-electron chi connectivity index (χ3n) is 2.29. The van der Waals surface area contributed by atoms with Gasteiger partial charge in [0.2, 0.25) is 5.91 Å². The first-order valence-corrected chi connectivity index (χ1v) is 6.62. The average molecular weight is 266 g/mol. The summed E-state index contributed by atoms with van der Waals surface area (Å²) in [6.07, 6.45) is 2.78. The van der Waals surface area contributed by atoms with Gasteiger partial charge in [-0.25, -0.2) is 4.98 Å². The van der Waals surface area contributed by atoms with Crippen LogP contribution in [-0.4, -0.2) is 30.2 Å². The van der Waals surface area contributed by atoms with Gasteiger partial charge in [0.05, 0.1) is 6.10 Å². The van der Waals surface area contributed by atoms with Crippen molar-refractivity contribution in [1.82, 2.24) is 4.98 Å². The largest absolute Gasteiger partial charge is 0.487 e. The van der Waals surface area contributed by atoms with E-state index in [4.69, 9.17) is 9.47 Å². The zero-order chi connectivity index (χ0) is 14.1. The summed E-state index contributed by atoms with van der Waals surface area (Å²) in [5, 5.41) is 2.76. The Balaban J connectivity index is 2.49. The summed E-state index contributed by atoms with van der Waals surface area (Å²) in [5.74, 6) is 0.986. The van der Waals surface area contributed by atoms with Gasteiger partial charge < -0.3 is 14.8 Å². The van der Waals surface area contributed by atoms with E-state index in [1.807, 2.05) is 20.8 Å². The number of carbonyl (C=O) groups is 1. The van der Waals surface area contributed by atoms with Crippen LogP contribution in [0.1, 0.15) is 33.6 Å². The Labute approximate surface area is 114 Å². The van der Waals surface area contributed by atoms with Gasteiger partial charge in [-0.2, -0.15) is 0 Å². The highest BCUT2D eigenvalue weighted by atomic mass is 16.5. The van der Waals surface area contributed by atoms with Crippen molar-refractivity contribution in [2.45, 2.75) is 39.7 Å². The van der Waals surface area contributed by atoms with E-state index in [0.717, 1.165) is 0 Å². The molecule has 19 heavy (non-hydrogen) atoms. The maximum absolute atomic E-state index is 11.8. The molecule has 1 heterocycles. The van der Waals surface area contributed by atoms with Crippen molar-refractivity contribution in [3.05, 3.63) is 18.3 Å². The Bertz CT molecular complexity index is 394. The molecule has 0 saturated heterocycles. The fourth-order valence-corrected chi connectivity index (χ4v) is 1.51. The van der Waals surface area contributed by atoms with E-state index < -0.39 is 0 Å². The van der Waals surface area contributed by atoms with Gasteiger partial charge in [0.25, 0.3) is 0 Å². The molecule has 106 valence electrons. The molecular weight excluding hydrogens is 244 g/mol. The summed E-state index contributed by atoms with van der Waals surface area (Å²) in [4.78, 5) is 15.9. The van der Waals surface area contributed by atoms with Crippen molar-refractivity contribution < 1.29 is 14.3 Å². The zero-order valence-electron chi connectivity index (χ0n) is 11.8. The second-order valence-corrected chi connectivity index (χ2v) is 4.37. The molecule has 1 aromatic rings. The van der Waals surface area contributed by atoms with Crippen LogP contribution in [0.2, 0.25) is 0 Å². The summed E-state index contributed by atoms with van der Waals surface area (Å²) in [7, 11) is 0. The van der Waals surface area contributed by atoms with Crippen LogP contribution < -0.4 is 10.1 Å². The van der Waals surface area contributed by atoms with E-state index >= 15 is 0 Å². The lowest BCUT2D eigenvalue weighted by atomic mass is 10.3. The van der Waals surface area contributed by atoms with Crippen LogP contribution >= 0.6 is 0 Å². The van der Waals surface area contributed by atoms with Crippen molar-refractivity contribution >= 4 is 11.7 Å². The molecule has 1 N–H and O–H groups in total. The lowest BCUT2D eigenvalue weighted by Crippen LogP contribution is -2.15. The molecular formula is C14H22N2O3. The fourth-order valence-electron chi connectivity index (χ4n) is 1.51. The van der Waals surface area contributed by atoms with Gasteiger partial charge in [-0.1, -0.05) is 0 Å². The minimum Gasteiger partial charge on any atom is -0.487 e. The molecule has 1 amide bonds. The molecule has 0 unspecified atom stereocenters. The van der Waals surface area contributed by atoms with Gasteiger partial charge in [-0.05, 0) is 39.3 Å². The monoisotopic (exact) mass is 266 g/mol. The molecule has 0 bridgehead atoms. The van der Waals surface area contributed by atoms with E-state index in [9.17, 15) is 4.79 Å². The van der Waals surface area contributed by atoms with Crippen LogP contribution in [0, 0.1) is 0 Å². The van der Waals surface area contributed by atoms with Crippen LogP contribution in [0.5, 0.6) is 5.75 Å². The highest BCUT2D eigenvalue weighted by Crippen LogP contribution is 2.22. The lowest BCUT2D eigenvalue weighted by Gasteiger charge is -2.13. The third kappa shape index (κ3) is 6.20. The van der Waals surface area contributed by atoms with E-state index in [0.29, 0.717) is 37.6 Å². The second-order valence-electron chi connectivity index (χ2n) is 4.37. The molecule has 0 saturated carbocycles. The Hall–Kier alpha value is -1.62. The number of pyridine rings is 1. The molecule has 0 aliphatic carbocycles. The Morgan fingerprint density at radius 3 is 2.95 bits per heavy atom. The van der Waals surface area contributed by atoms with E-state index in [1.165, 1.54) is 0 Å². The fraction of sp³-hybridized carbons (Fsp3) is 0.571. The molecule has 5 heteroatoms. The number of amides is 1. The summed E-state index contributed by atoms with van der Waals surface area (Å²) in [5.41, 5.74) is 0. The van der Waals surface area contributed by atoms with Gasteiger partial charge in [-0.3, -0.25) is 4.79 Å². The maximum atomic E-state index is 11.8. The number of nitrogens with one attached hydrogen (secondary N) is 1. The lowest BCUT2D eigenvalue weighted by molar-refractivity contribution is -0.116. The average Bonchev–Trinajstić information content (AvgIpc) is 2.36. The minimum absolute atomic E-state index is 0.0396. The van der Waals surface area contributed by atoms with Gasteiger partial charge >= 0.3 is 0 Å². The van der Waals surface area contributed by atoms with Crippen molar-refractivity contribution in [2.75, 3.05) is 18.5 Å². The molecule has 0 radical (unpaired) electrons. The Morgan fingerprint density at radius 2 is 2.26 bits per heavy atom. The topological polar surface area (TPSA) is 60.5 Å². The predicted octanol–water partition coefficient (Wildman–Crippen LogP) is 2.62. The first-order valence-electron chi connectivity index (χ1n) is 6.62. The van der Waals surface area contributed by atoms with E-state index in [1.54, 1.807) is 18.3 Å². The van der Waals surface area contributed by atoms with Crippen LogP contribution in [0.4, 0.5) is 5.82 Å². The van der Waals surface area contributed by atoms with E-state index in [2.05, 4.69) is 10.3 Å². The number of hydrogen-bond donors (Lipinski definition) is 1. The zero-order valence-corrected chi connectivity index (χ0v) is 11.8. The standard InChI is InChI=1S/C14H22N2O3/c1-4-18-10-6-8-13(17)16-14-12(19-11(2)3)7-5-9-15-14/h5,7,9,11H,4,6,8,10H2,1-3H3,(H,15,16,17). The molecule has 0 aromatic carbocycles. The van der Waals surface area contributed by atoms with Crippen LogP contribution in [0.15, 0.2) is 18.3 Å². The summed E-state index contributed by atoms with van der Waals surface area (Å²) >= 11 is 0. The summed E-state index contributed by atoms with van der Waals surface area (Å²) in [6, 6.07) is 3.57. The summed E-state index contributed by atoms with van der Waals surface area (Å²) < 4.78 is 10.8. The molecule has 5 nitrogen and oxygen atoms in total. The first-order chi connectivity index (χ1) is 9.13. The number of hydrogen-bond acceptors (Lipinski definition) is 4.